The number of carbonyl (C=O) groups is 2. The SMILES string of the molecule is COc1ccc(/C=C/C(=O)Nc2ccccc2COc2ccc(CC3CCNCC3)cc2)cc1OC(C)=O. The van der Waals surface area contributed by atoms with E-state index in [0.29, 0.717) is 29.4 Å². The van der Waals surface area contributed by atoms with Crippen molar-refractivity contribution in [2.75, 3.05) is 25.5 Å². The van der Waals surface area contributed by atoms with Gasteiger partial charge in [-0.25, -0.2) is 0 Å². The van der Waals surface area contributed by atoms with E-state index in [0.717, 1.165) is 36.7 Å². The Morgan fingerprint density at radius 3 is 2.50 bits per heavy atom. The number of nitrogens with one attached hydrogen (secondary N) is 2. The molecule has 4 rings (SSSR count). The number of benzene rings is 3. The van der Waals surface area contributed by atoms with E-state index in [4.69, 9.17) is 14.2 Å². The first-order valence-electron chi connectivity index (χ1n) is 12.9. The number of hydrogen-bond acceptors (Lipinski definition) is 6. The van der Waals surface area contributed by atoms with Crippen molar-refractivity contribution in [3.63, 3.8) is 0 Å². The van der Waals surface area contributed by atoms with Crippen LogP contribution in [0, 0.1) is 5.92 Å². The minimum atomic E-state index is -0.450. The van der Waals surface area contributed by atoms with Gasteiger partial charge >= 0.3 is 5.97 Å². The molecule has 0 unspecified atom stereocenters. The van der Waals surface area contributed by atoms with Crippen LogP contribution in [0.3, 0.4) is 0 Å². The summed E-state index contributed by atoms with van der Waals surface area (Å²) in [6.45, 7) is 3.87. The first-order valence-corrected chi connectivity index (χ1v) is 12.9. The van der Waals surface area contributed by atoms with Crippen molar-refractivity contribution in [3.8, 4) is 17.2 Å². The molecule has 1 heterocycles. The molecule has 0 bridgehead atoms. The van der Waals surface area contributed by atoms with E-state index in [1.807, 2.05) is 36.4 Å². The highest BCUT2D eigenvalue weighted by Crippen LogP contribution is 2.29. The molecule has 7 heteroatoms. The van der Waals surface area contributed by atoms with Gasteiger partial charge in [-0.15, -0.1) is 0 Å². The Bertz CT molecular complexity index is 1260. The predicted octanol–water partition coefficient (Wildman–Crippen LogP) is 5.39. The van der Waals surface area contributed by atoms with E-state index in [1.165, 1.54) is 38.5 Å². The Labute approximate surface area is 223 Å². The fourth-order valence-corrected chi connectivity index (χ4v) is 4.45. The molecule has 0 atom stereocenters. The number of hydrogen-bond donors (Lipinski definition) is 2. The van der Waals surface area contributed by atoms with E-state index < -0.39 is 5.97 Å². The number of rotatable bonds is 10. The summed E-state index contributed by atoms with van der Waals surface area (Å²) in [4.78, 5) is 24.0. The van der Waals surface area contributed by atoms with Gasteiger partial charge in [0.05, 0.1) is 7.11 Å². The number of para-hydroxylation sites is 1. The molecule has 0 radical (unpaired) electrons. The lowest BCUT2D eigenvalue weighted by molar-refractivity contribution is -0.132. The van der Waals surface area contributed by atoms with Crippen LogP contribution in [0.15, 0.2) is 72.8 Å². The minimum absolute atomic E-state index is 0.287. The molecule has 0 aromatic heterocycles. The average molecular weight is 515 g/mol. The van der Waals surface area contributed by atoms with E-state index in [9.17, 15) is 9.59 Å². The monoisotopic (exact) mass is 514 g/mol. The average Bonchev–Trinajstić information content (AvgIpc) is 2.92. The number of piperidine rings is 1. The number of carbonyl (C=O) groups excluding carboxylic acids is 2. The van der Waals surface area contributed by atoms with Gasteiger partial charge in [0.2, 0.25) is 5.91 Å². The Morgan fingerprint density at radius 2 is 1.76 bits per heavy atom. The molecule has 3 aromatic carbocycles. The van der Waals surface area contributed by atoms with Crippen molar-refractivity contribution >= 4 is 23.6 Å². The van der Waals surface area contributed by atoms with Crippen molar-refractivity contribution < 1.29 is 23.8 Å². The molecular formula is C31H34N2O5. The Morgan fingerprint density at radius 1 is 1.00 bits per heavy atom. The number of methoxy groups -OCH3 is 1. The van der Waals surface area contributed by atoms with E-state index >= 15 is 0 Å². The lowest BCUT2D eigenvalue weighted by Gasteiger charge is -2.22. The molecule has 0 saturated carbocycles. The summed E-state index contributed by atoms with van der Waals surface area (Å²) in [7, 11) is 1.50. The summed E-state index contributed by atoms with van der Waals surface area (Å²) in [6, 6.07) is 21.0. The van der Waals surface area contributed by atoms with Crippen LogP contribution in [0.2, 0.25) is 0 Å². The molecule has 1 aliphatic rings. The van der Waals surface area contributed by atoms with Crippen LogP contribution in [-0.2, 0) is 22.6 Å². The van der Waals surface area contributed by atoms with Crippen molar-refractivity contribution in [1.29, 1.82) is 0 Å². The third-order valence-corrected chi connectivity index (χ3v) is 6.44. The van der Waals surface area contributed by atoms with Gasteiger partial charge in [-0.2, -0.15) is 0 Å². The number of amides is 1. The normalized spacial score (nSPS) is 13.7. The maximum atomic E-state index is 12.6. The highest BCUT2D eigenvalue weighted by molar-refractivity contribution is 6.02. The van der Waals surface area contributed by atoms with Gasteiger partial charge in [0.1, 0.15) is 12.4 Å². The Kier molecular flexibility index (Phi) is 9.54. The molecule has 0 aliphatic carbocycles. The zero-order valence-corrected chi connectivity index (χ0v) is 21.9. The molecular weight excluding hydrogens is 480 g/mol. The Hall–Kier alpha value is -4.10. The van der Waals surface area contributed by atoms with Crippen LogP contribution in [0.25, 0.3) is 6.08 Å². The topological polar surface area (TPSA) is 85.9 Å². The largest absolute Gasteiger partial charge is 0.493 e. The second-order valence-corrected chi connectivity index (χ2v) is 9.31. The molecule has 198 valence electrons. The molecule has 7 nitrogen and oxygen atoms in total. The first kappa shape index (κ1) is 26.9. The fraction of sp³-hybridized carbons (Fsp3) is 0.290. The summed E-state index contributed by atoms with van der Waals surface area (Å²) < 4.78 is 16.4. The van der Waals surface area contributed by atoms with Crippen molar-refractivity contribution in [2.24, 2.45) is 5.92 Å². The van der Waals surface area contributed by atoms with Gasteiger partial charge in [0.15, 0.2) is 11.5 Å². The number of esters is 1. The summed E-state index contributed by atoms with van der Waals surface area (Å²) in [5.74, 6) is 1.53. The highest BCUT2D eigenvalue weighted by Gasteiger charge is 2.13. The van der Waals surface area contributed by atoms with Gasteiger partial charge in [-0.1, -0.05) is 36.4 Å². The lowest BCUT2D eigenvalue weighted by atomic mass is 9.91. The van der Waals surface area contributed by atoms with Crippen LogP contribution in [0.5, 0.6) is 17.2 Å². The summed E-state index contributed by atoms with van der Waals surface area (Å²) in [6.07, 6.45) is 6.63. The molecule has 1 saturated heterocycles. The van der Waals surface area contributed by atoms with Gasteiger partial charge in [0.25, 0.3) is 0 Å². The van der Waals surface area contributed by atoms with Crippen molar-refractivity contribution in [2.45, 2.75) is 32.8 Å². The fourth-order valence-electron chi connectivity index (χ4n) is 4.45. The summed E-state index contributed by atoms with van der Waals surface area (Å²) in [5.41, 5.74) is 3.58. The Balaban J connectivity index is 1.34. The molecule has 0 spiro atoms. The summed E-state index contributed by atoms with van der Waals surface area (Å²) in [5, 5.41) is 6.34. The van der Waals surface area contributed by atoms with Crippen molar-refractivity contribution in [1.82, 2.24) is 5.32 Å². The van der Waals surface area contributed by atoms with Gasteiger partial charge in [-0.05, 0) is 85.8 Å². The lowest BCUT2D eigenvalue weighted by Crippen LogP contribution is -2.28. The van der Waals surface area contributed by atoms with E-state index in [1.54, 1.807) is 24.3 Å². The molecule has 3 aromatic rings. The number of ether oxygens (including phenoxy) is 3. The van der Waals surface area contributed by atoms with E-state index in [-0.39, 0.29) is 5.91 Å². The molecule has 1 aliphatic heterocycles. The van der Waals surface area contributed by atoms with Gasteiger partial charge in [-0.3, -0.25) is 9.59 Å². The smallest absolute Gasteiger partial charge is 0.308 e. The molecule has 38 heavy (non-hydrogen) atoms. The van der Waals surface area contributed by atoms with Gasteiger partial charge < -0.3 is 24.8 Å². The minimum Gasteiger partial charge on any atom is -0.493 e. The van der Waals surface area contributed by atoms with Crippen LogP contribution < -0.4 is 24.8 Å². The van der Waals surface area contributed by atoms with Crippen molar-refractivity contribution in [3.05, 3.63) is 89.5 Å². The third kappa shape index (κ3) is 7.95. The maximum absolute atomic E-state index is 12.6. The van der Waals surface area contributed by atoms with Crippen LogP contribution in [0.4, 0.5) is 5.69 Å². The maximum Gasteiger partial charge on any atom is 0.308 e. The highest BCUT2D eigenvalue weighted by atomic mass is 16.6. The third-order valence-electron chi connectivity index (χ3n) is 6.44. The zero-order valence-electron chi connectivity index (χ0n) is 21.9. The molecule has 1 fully saturated rings. The molecule has 2 N–H and O–H groups in total. The van der Waals surface area contributed by atoms with Crippen LogP contribution in [-0.4, -0.2) is 32.1 Å². The molecule has 1 amide bonds. The second kappa shape index (κ2) is 13.4. The van der Waals surface area contributed by atoms with Crippen LogP contribution >= 0.6 is 0 Å². The van der Waals surface area contributed by atoms with Crippen LogP contribution in [0.1, 0.15) is 36.5 Å². The van der Waals surface area contributed by atoms with Gasteiger partial charge in [0, 0.05) is 24.3 Å². The zero-order chi connectivity index (χ0) is 26.7. The van der Waals surface area contributed by atoms with E-state index in [2.05, 4.69) is 22.8 Å². The predicted molar refractivity (Wildman–Crippen MR) is 148 cm³/mol. The summed E-state index contributed by atoms with van der Waals surface area (Å²) >= 11 is 0. The standard InChI is InChI=1S/C31H34N2O5/c1-22(34)38-30-20-24(9-13-29(30)36-2)10-14-31(35)33-28-6-4-3-5-26(28)21-37-27-11-7-23(8-12-27)19-25-15-17-32-18-16-25/h3-14,20,25,32H,15-19,21H2,1-2H3,(H,33,35)/b14-10+. The quantitative estimate of drug-likeness (QED) is 0.214. The number of anilines is 1. The first-order chi connectivity index (χ1) is 18.5. The second-order valence-electron chi connectivity index (χ2n) is 9.31.